The van der Waals surface area contributed by atoms with Crippen molar-refractivity contribution in [3.8, 4) is 22.8 Å². The third kappa shape index (κ3) is 2.05. The Hall–Kier alpha value is -2.70. The first-order chi connectivity index (χ1) is 9.13. The monoisotopic (exact) mass is 255 g/mol. The highest BCUT2D eigenvalue weighted by atomic mass is 15.2. The van der Waals surface area contributed by atoms with Crippen molar-refractivity contribution in [1.29, 1.82) is 0 Å². The summed E-state index contributed by atoms with van der Waals surface area (Å²) >= 11 is 0. The van der Waals surface area contributed by atoms with Crippen LogP contribution >= 0.6 is 0 Å². The summed E-state index contributed by atoms with van der Waals surface area (Å²) in [5.74, 6) is 0.976. The fraction of sp³-hybridized carbons (Fsp3) is 0.167. The molecule has 0 aliphatic rings. The van der Waals surface area contributed by atoms with Crippen LogP contribution in [0.2, 0.25) is 0 Å². The van der Waals surface area contributed by atoms with Crippen LogP contribution in [0.4, 0.5) is 5.82 Å². The van der Waals surface area contributed by atoms with E-state index in [4.69, 9.17) is 5.73 Å². The van der Waals surface area contributed by atoms with Gasteiger partial charge in [-0.2, -0.15) is 5.10 Å². The quantitative estimate of drug-likeness (QED) is 0.733. The molecule has 0 bridgehead atoms. The maximum absolute atomic E-state index is 5.85. The zero-order valence-corrected chi connectivity index (χ0v) is 10.6. The van der Waals surface area contributed by atoms with Gasteiger partial charge in [0.05, 0.1) is 24.4 Å². The molecular weight excluding hydrogens is 242 g/mol. The SMILES string of the molecule is Cn1cc(-c2cc(N)nc(-c3cncn3C)n2)cn1. The van der Waals surface area contributed by atoms with Crippen LogP contribution in [0.15, 0.2) is 31.0 Å². The first kappa shape index (κ1) is 11.4. The van der Waals surface area contributed by atoms with Crippen molar-refractivity contribution < 1.29 is 0 Å². The Morgan fingerprint density at radius 2 is 2.00 bits per heavy atom. The molecule has 0 spiro atoms. The summed E-state index contributed by atoms with van der Waals surface area (Å²) in [6.07, 6.45) is 7.04. The number of anilines is 1. The van der Waals surface area contributed by atoms with Gasteiger partial charge in [-0.3, -0.25) is 4.68 Å². The molecule has 7 nitrogen and oxygen atoms in total. The lowest BCUT2D eigenvalue weighted by atomic mass is 10.2. The van der Waals surface area contributed by atoms with Gasteiger partial charge in [0.25, 0.3) is 0 Å². The molecule has 0 atom stereocenters. The van der Waals surface area contributed by atoms with Gasteiger partial charge in [0.2, 0.25) is 0 Å². The fourth-order valence-electron chi connectivity index (χ4n) is 1.85. The van der Waals surface area contributed by atoms with Crippen LogP contribution < -0.4 is 5.73 Å². The van der Waals surface area contributed by atoms with E-state index in [-0.39, 0.29) is 0 Å². The maximum Gasteiger partial charge on any atom is 0.180 e. The molecule has 0 aliphatic carbocycles. The van der Waals surface area contributed by atoms with E-state index in [9.17, 15) is 0 Å². The summed E-state index contributed by atoms with van der Waals surface area (Å²) in [4.78, 5) is 12.8. The summed E-state index contributed by atoms with van der Waals surface area (Å²) in [7, 11) is 3.74. The highest BCUT2D eigenvalue weighted by Gasteiger charge is 2.10. The Balaban J connectivity index is 2.13. The molecule has 3 aromatic heterocycles. The minimum absolute atomic E-state index is 0.421. The van der Waals surface area contributed by atoms with E-state index in [2.05, 4.69) is 20.1 Å². The number of aromatic nitrogens is 6. The van der Waals surface area contributed by atoms with Gasteiger partial charge in [-0.15, -0.1) is 0 Å². The first-order valence-corrected chi connectivity index (χ1v) is 5.74. The standard InChI is InChI=1S/C12H13N7/c1-18-7-14-5-10(18)12-16-9(3-11(13)17-12)8-4-15-19(2)6-8/h3-7H,1-2H3,(H2,13,16,17). The number of imidazole rings is 1. The van der Waals surface area contributed by atoms with Crippen molar-refractivity contribution in [2.24, 2.45) is 14.1 Å². The second kappa shape index (κ2) is 4.20. The second-order valence-corrected chi connectivity index (χ2v) is 4.29. The lowest BCUT2D eigenvalue weighted by Crippen LogP contribution is -2.00. The van der Waals surface area contributed by atoms with E-state index >= 15 is 0 Å². The number of nitrogens with zero attached hydrogens (tertiary/aromatic N) is 6. The predicted octanol–water partition coefficient (Wildman–Crippen LogP) is 0.860. The van der Waals surface area contributed by atoms with Gasteiger partial charge < -0.3 is 10.3 Å². The lowest BCUT2D eigenvalue weighted by Gasteiger charge is -2.04. The molecule has 3 heterocycles. The Labute approximate surface area is 109 Å². The molecule has 2 N–H and O–H groups in total. The molecule has 0 saturated heterocycles. The van der Waals surface area contributed by atoms with E-state index < -0.39 is 0 Å². The molecule has 3 aromatic rings. The van der Waals surface area contributed by atoms with Gasteiger partial charge in [0.15, 0.2) is 5.82 Å². The zero-order valence-electron chi connectivity index (χ0n) is 10.6. The zero-order chi connectivity index (χ0) is 13.4. The topological polar surface area (TPSA) is 87.4 Å². The highest BCUT2D eigenvalue weighted by Crippen LogP contribution is 2.22. The van der Waals surface area contributed by atoms with Gasteiger partial charge in [-0.25, -0.2) is 15.0 Å². The van der Waals surface area contributed by atoms with E-state index in [0.29, 0.717) is 11.6 Å². The van der Waals surface area contributed by atoms with E-state index in [1.165, 1.54) is 0 Å². The minimum atomic E-state index is 0.421. The molecule has 3 rings (SSSR count). The minimum Gasteiger partial charge on any atom is -0.384 e. The number of rotatable bonds is 2. The van der Waals surface area contributed by atoms with Crippen molar-refractivity contribution in [2.75, 3.05) is 5.73 Å². The van der Waals surface area contributed by atoms with Crippen molar-refractivity contribution in [3.05, 3.63) is 31.0 Å². The summed E-state index contributed by atoms with van der Waals surface area (Å²) in [5, 5.41) is 4.13. The molecule has 19 heavy (non-hydrogen) atoms. The third-order valence-electron chi connectivity index (χ3n) is 2.79. The Kier molecular flexibility index (Phi) is 2.52. The smallest absolute Gasteiger partial charge is 0.180 e. The second-order valence-electron chi connectivity index (χ2n) is 4.29. The first-order valence-electron chi connectivity index (χ1n) is 5.74. The Bertz CT molecular complexity index is 725. The maximum atomic E-state index is 5.85. The van der Waals surface area contributed by atoms with Crippen molar-refractivity contribution in [2.45, 2.75) is 0 Å². The number of aryl methyl sites for hydroxylation is 2. The highest BCUT2D eigenvalue weighted by molar-refractivity contribution is 5.64. The van der Waals surface area contributed by atoms with Crippen molar-refractivity contribution >= 4 is 5.82 Å². The van der Waals surface area contributed by atoms with Crippen LogP contribution in [-0.2, 0) is 14.1 Å². The lowest BCUT2D eigenvalue weighted by molar-refractivity contribution is 0.768. The summed E-state index contributed by atoms with van der Waals surface area (Å²) < 4.78 is 3.57. The normalized spacial score (nSPS) is 10.8. The van der Waals surface area contributed by atoms with Gasteiger partial charge in [0.1, 0.15) is 11.5 Å². The molecule has 7 heteroatoms. The van der Waals surface area contributed by atoms with Crippen LogP contribution in [0.25, 0.3) is 22.8 Å². The molecule has 0 unspecified atom stereocenters. The summed E-state index contributed by atoms with van der Waals surface area (Å²) in [6.45, 7) is 0. The number of nitrogen functional groups attached to an aromatic ring is 1. The van der Waals surface area contributed by atoms with Gasteiger partial charge in [-0.05, 0) is 0 Å². The van der Waals surface area contributed by atoms with E-state index in [0.717, 1.165) is 17.0 Å². The molecule has 0 saturated carbocycles. The van der Waals surface area contributed by atoms with E-state index in [1.807, 2.05) is 24.9 Å². The molecule has 0 aliphatic heterocycles. The molecule has 96 valence electrons. The predicted molar refractivity (Wildman–Crippen MR) is 70.8 cm³/mol. The van der Waals surface area contributed by atoms with Crippen LogP contribution in [0, 0.1) is 0 Å². The molecule has 0 fully saturated rings. The molecule has 0 radical (unpaired) electrons. The van der Waals surface area contributed by atoms with Gasteiger partial charge >= 0.3 is 0 Å². The van der Waals surface area contributed by atoms with Crippen LogP contribution in [0.3, 0.4) is 0 Å². The Morgan fingerprint density at radius 1 is 1.16 bits per heavy atom. The average Bonchev–Trinajstić information content (AvgIpc) is 2.97. The summed E-state index contributed by atoms with van der Waals surface area (Å²) in [6, 6.07) is 1.73. The van der Waals surface area contributed by atoms with Gasteiger partial charge in [-0.1, -0.05) is 0 Å². The molecular formula is C12H13N7. The molecule has 0 aromatic carbocycles. The summed E-state index contributed by atoms with van der Waals surface area (Å²) in [5.41, 5.74) is 8.32. The van der Waals surface area contributed by atoms with Gasteiger partial charge in [0, 0.05) is 31.9 Å². The average molecular weight is 255 g/mol. The van der Waals surface area contributed by atoms with Crippen molar-refractivity contribution in [1.82, 2.24) is 29.3 Å². The van der Waals surface area contributed by atoms with E-state index in [1.54, 1.807) is 29.5 Å². The van der Waals surface area contributed by atoms with Crippen molar-refractivity contribution in [3.63, 3.8) is 0 Å². The third-order valence-corrected chi connectivity index (χ3v) is 2.79. The fourth-order valence-corrected chi connectivity index (χ4v) is 1.85. The molecule has 0 amide bonds. The number of nitrogens with two attached hydrogens (primary N) is 1. The van der Waals surface area contributed by atoms with Crippen LogP contribution in [0.5, 0.6) is 0 Å². The van der Waals surface area contributed by atoms with Crippen LogP contribution in [-0.4, -0.2) is 29.3 Å². The Morgan fingerprint density at radius 3 is 2.63 bits per heavy atom. The number of hydrogen-bond acceptors (Lipinski definition) is 5. The largest absolute Gasteiger partial charge is 0.384 e. The van der Waals surface area contributed by atoms with Crippen LogP contribution in [0.1, 0.15) is 0 Å². The number of hydrogen-bond donors (Lipinski definition) is 1.